The van der Waals surface area contributed by atoms with Gasteiger partial charge in [0, 0.05) is 12.6 Å². The smallest absolute Gasteiger partial charge is 0.262 e. The van der Waals surface area contributed by atoms with Crippen molar-refractivity contribution in [1.82, 2.24) is 5.32 Å². The van der Waals surface area contributed by atoms with E-state index >= 15 is 0 Å². The number of amides is 1. The van der Waals surface area contributed by atoms with Gasteiger partial charge in [0.25, 0.3) is 11.8 Å². The number of carbonyl (C=O) groups is 1. The summed E-state index contributed by atoms with van der Waals surface area (Å²) in [6.07, 6.45) is 0. The normalized spacial score (nSPS) is 11.2. The van der Waals surface area contributed by atoms with E-state index < -0.39 is 18.4 Å². The van der Waals surface area contributed by atoms with E-state index in [2.05, 4.69) is 5.32 Å². The Bertz CT molecular complexity index is 404. The van der Waals surface area contributed by atoms with Crippen LogP contribution in [0.25, 0.3) is 0 Å². The minimum Gasteiger partial charge on any atom is -0.399 e. The van der Waals surface area contributed by atoms with Crippen LogP contribution in [0.1, 0.15) is 17.3 Å². The second-order valence-corrected chi connectivity index (χ2v) is 3.90. The van der Waals surface area contributed by atoms with Crippen molar-refractivity contribution < 1.29 is 13.6 Å². The van der Waals surface area contributed by atoms with E-state index in [0.717, 1.165) is 0 Å². The molecule has 0 unspecified atom stereocenters. The number of nitrogens with one attached hydrogen (secondary N) is 1. The average Bonchev–Trinajstić information content (AvgIpc) is 2.17. The van der Waals surface area contributed by atoms with Crippen LogP contribution in [0.4, 0.5) is 14.5 Å². The van der Waals surface area contributed by atoms with Gasteiger partial charge in [-0.1, -0.05) is 11.6 Å². The maximum absolute atomic E-state index is 12.5. The van der Waals surface area contributed by atoms with E-state index in [9.17, 15) is 13.6 Å². The number of halogens is 3. The van der Waals surface area contributed by atoms with E-state index in [1.807, 2.05) is 0 Å². The summed E-state index contributed by atoms with van der Waals surface area (Å²) in [5, 5.41) is 2.25. The largest absolute Gasteiger partial charge is 0.399 e. The van der Waals surface area contributed by atoms with Gasteiger partial charge < -0.3 is 11.1 Å². The fourth-order valence-corrected chi connectivity index (χ4v) is 1.25. The van der Waals surface area contributed by atoms with Crippen LogP contribution >= 0.6 is 11.6 Å². The van der Waals surface area contributed by atoms with Gasteiger partial charge >= 0.3 is 0 Å². The fraction of sp³-hybridized carbons (Fsp3) is 0.300. The first-order valence-corrected chi connectivity index (χ1v) is 4.88. The minimum atomic E-state index is -2.96. The lowest BCUT2D eigenvalue weighted by Gasteiger charge is -2.12. The lowest BCUT2D eigenvalue weighted by atomic mass is 10.2. The Kier molecular flexibility index (Phi) is 3.70. The summed E-state index contributed by atoms with van der Waals surface area (Å²) in [4.78, 5) is 11.5. The molecule has 0 aliphatic rings. The maximum atomic E-state index is 12.5. The Hall–Kier alpha value is -1.36. The van der Waals surface area contributed by atoms with Crippen LogP contribution in [0.15, 0.2) is 18.2 Å². The molecular weight excluding hydrogens is 238 g/mol. The van der Waals surface area contributed by atoms with Crippen LogP contribution in [-0.4, -0.2) is 18.4 Å². The zero-order valence-corrected chi connectivity index (χ0v) is 9.31. The third-order valence-electron chi connectivity index (χ3n) is 1.79. The molecule has 0 saturated carbocycles. The van der Waals surface area contributed by atoms with Gasteiger partial charge in [-0.05, 0) is 18.2 Å². The van der Waals surface area contributed by atoms with Crippen LogP contribution in [0.2, 0.25) is 5.02 Å². The van der Waals surface area contributed by atoms with Crippen LogP contribution in [0.3, 0.4) is 0 Å². The maximum Gasteiger partial charge on any atom is 0.262 e. The fourth-order valence-electron chi connectivity index (χ4n) is 1.05. The van der Waals surface area contributed by atoms with Crippen molar-refractivity contribution in [2.45, 2.75) is 12.8 Å². The van der Waals surface area contributed by atoms with Gasteiger partial charge in [0.05, 0.1) is 17.1 Å². The van der Waals surface area contributed by atoms with Gasteiger partial charge in [-0.2, -0.15) is 0 Å². The standard InChI is InChI=1S/C10H11ClF2N2O/c1-10(12,13)5-15-9(16)7-4-6(14)2-3-8(7)11/h2-4H,5,14H2,1H3,(H,15,16). The third-order valence-corrected chi connectivity index (χ3v) is 2.12. The number of nitrogen functional groups attached to an aromatic ring is 1. The molecule has 88 valence electrons. The molecule has 1 aromatic carbocycles. The lowest BCUT2D eigenvalue weighted by molar-refractivity contribution is 0.0221. The van der Waals surface area contributed by atoms with E-state index in [0.29, 0.717) is 12.6 Å². The highest BCUT2D eigenvalue weighted by molar-refractivity contribution is 6.34. The van der Waals surface area contributed by atoms with Crippen molar-refractivity contribution in [1.29, 1.82) is 0 Å². The van der Waals surface area contributed by atoms with Gasteiger partial charge in [0.1, 0.15) is 0 Å². The summed E-state index contributed by atoms with van der Waals surface area (Å²) in [5.74, 6) is -3.62. The summed E-state index contributed by atoms with van der Waals surface area (Å²) in [6.45, 7) is -0.0226. The Morgan fingerprint density at radius 2 is 2.19 bits per heavy atom. The molecule has 1 rings (SSSR count). The summed E-state index contributed by atoms with van der Waals surface area (Å²) in [5.41, 5.74) is 5.89. The molecule has 0 bridgehead atoms. The molecule has 1 aromatic rings. The summed E-state index contributed by atoms with van der Waals surface area (Å²) in [6, 6.07) is 4.30. The predicted molar refractivity (Wildman–Crippen MR) is 58.8 cm³/mol. The molecule has 3 N–H and O–H groups in total. The summed E-state index contributed by atoms with van der Waals surface area (Å²) >= 11 is 5.74. The molecule has 0 radical (unpaired) electrons. The van der Waals surface area contributed by atoms with Crippen molar-refractivity contribution >= 4 is 23.2 Å². The van der Waals surface area contributed by atoms with E-state index in [-0.39, 0.29) is 10.6 Å². The van der Waals surface area contributed by atoms with Gasteiger partial charge in [-0.3, -0.25) is 4.79 Å². The molecule has 0 fully saturated rings. The molecule has 3 nitrogen and oxygen atoms in total. The van der Waals surface area contributed by atoms with Gasteiger partial charge in [0.15, 0.2) is 0 Å². The number of rotatable bonds is 3. The topological polar surface area (TPSA) is 55.1 Å². The highest BCUT2D eigenvalue weighted by atomic mass is 35.5. The predicted octanol–water partition coefficient (Wildman–Crippen LogP) is 2.31. The van der Waals surface area contributed by atoms with E-state index in [1.165, 1.54) is 18.2 Å². The molecule has 6 heteroatoms. The lowest BCUT2D eigenvalue weighted by Crippen LogP contribution is -2.34. The second kappa shape index (κ2) is 4.65. The minimum absolute atomic E-state index is 0.0888. The van der Waals surface area contributed by atoms with E-state index in [4.69, 9.17) is 17.3 Å². The SMILES string of the molecule is CC(F)(F)CNC(=O)c1cc(N)ccc1Cl. The second-order valence-electron chi connectivity index (χ2n) is 3.49. The summed E-state index contributed by atoms with van der Waals surface area (Å²) in [7, 11) is 0. The molecule has 0 aliphatic heterocycles. The monoisotopic (exact) mass is 248 g/mol. The first-order valence-electron chi connectivity index (χ1n) is 4.50. The van der Waals surface area contributed by atoms with Crippen molar-refractivity contribution in [3.8, 4) is 0 Å². The molecule has 0 aromatic heterocycles. The van der Waals surface area contributed by atoms with Crippen molar-refractivity contribution in [2.75, 3.05) is 12.3 Å². The molecule has 0 aliphatic carbocycles. The van der Waals surface area contributed by atoms with Gasteiger partial charge in [-0.25, -0.2) is 8.78 Å². The van der Waals surface area contributed by atoms with Gasteiger partial charge in [0.2, 0.25) is 0 Å². The molecular formula is C10H11ClF2N2O. The molecule has 1 amide bonds. The van der Waals surface area contributed by atoms with Crippen LogP contribution in [0, 0.1) is 0 Å². The Morgan fingerprint density at radius 1 is 1.56 bits per heavy atom. The first kappa shape index (κ1) is 12.7. The number of hydrogen-bond acceptors (Lipinski definition) is 2. The van der Waals surface area contributed by atoms with Crippen molar-refractivity contribution in [3.63, 3.8) is 0 Å². The van der Waals surface area contributed by atoms with Crippen LogP contribution in [0.5, 0.6) is 0 Å². The first-order chi connectivity index (χ1) is 7.29. The Labute approximate surface area is 96.6 Å². The molecule has 0 atom stereocenters. The Morgan fingerprint density at radius 3 is 2.75 bits per heavy atom. The Balaban J connectivity index is 2.77. The van der Waals surface area contributed by atoms with Crippen LogP contribution in [-0.2, 0) is 0 Å². The molecule has 0 saturated heterocycles. The van der Waals surface area contributed by atoms with Crippen molar-refractivity contribution in [2.24, 2.45) is 0 Å². The van der Waals surface area contributed by atoms with Gasteiger partial charge in [-0.15, -0.1) is 0 Å². The molecule has 0 spiro atoms. The average molecular weight is 249 g/mol. The zero-order valence-electron chi connectivity index (χ0n) is 8.56. The number of carbonyl (C=O) groups excluding carboxylic acids is 1. The number of anilines is 1. The van der Waals surface area contributed by atoms with E-state index in [1.54, 1.807) is 0 Å². The quantitative estimate of drug-likeness (QED) is 0.807. The third kappa shape index (κ3) is 3.66. The highest BCUT2D eigenvalue weighted by Gasteiger charge is 2.22. The van der Waals surface area contributed by atoms with Crippen molar-refractivity contribution in [3.05, 3.63) is 28.8 Å². The highest BCUT2D eigenvalue weighted by Crippen LogP contribution is 2.19. The molecule has 0 heterocycles. The number of benzene rings is 1. The number of hydrogen-bond donors (Lipinski definition) is 2. The van der Waals surface area contributed by atoms with Crippen LogP contribution < -0.4 is 11.1 Å². The molecule has 16 heavy (non-hydrogen) atoms. The summed E-state index contributed by atoms with van der Waals surface area (Å²) < 4.78 is 25.0. The number of nitrogens with two attached hydrogens (primary N) is 1. The zero-order chi connectivity index (χ0) is 12.3. The number of alkyl halides is 2.